The van der Waals surface area contributed by atoms with Crippen LogP contribution in [0.2, 0.25) is 0 Å². The van der Waals surface area contributed by atoms with Crippen LogP contribution < -0.4 is 16.6 Å². The number of benzene rings is 1. The summed E-state index contributed by atoms with van der Waals surface area (Å²) < 4.78 is 0. The Morgan fingerprint density at radius 1 is 1.33 bits per heavy atom. The first-order valence-electron chi connectivity index (χ1n) is 7.71. The van der Waals surface area contributed by atoms with Gasteiger partial charge in [0.25, 0.3) is 5.56 Å². The Kier molecular flexibility index (Phi) is 3.82. The third-order valence-corrected chi connectivity index (χ3v) is 4.60. The van der Waals surface area contributed by atoms with Crippen LogP contribution in [0.15, 0.2) is 23.3 Å². The standard InChI is InChI=1S/C16H22N4O/c1-2-10-3-5-11(6-4-10)20-15-8-14-12(7-13(15)17)16(21)19-9-18-14/h7-11,20H,2-6,17H2,1H3,(H,18,19,21). The summed E-state index contributed by atoms with van der Waals surface area (Å²) in [5, 5.41) is 4.07. The smallest absolute Gasteiger partial charge is 0.258 e. The molecule has 1 saturated carbocycles. The van der Waals surface area contributed by atoms with Crippen molar-refractivity contribution in [2.24, 2.45) is 5.92 Å². The number of aromatic nitrogens is 2. The van der Waals surface area contributed by atoms with E-state index in [-0.39, 0.29) is 5.56 Å². The topological polar surface area (TPSA) is 83.8 Å². The van der Waals surface area contributed by atoms with E-state index in [0.717, 1.165) is 11.6 Å². The number of hydrogen-bond acceptors (Lipinski definition) is 4. The van der Waals surface area contributed by atoms with Gasteiger partial charge >= 0.3 is 0 Å². The second-order valence-electron chi connectivity index (χ2n) is 5.96. The molecule has 112 valence electrons. The molecule has 0 radical (unpaired) electrons. The minimum Gasteiger partial charge on any atom is -0.397 e. The number of nitrogens with two attached hydrogens (primary N) is 1. The van der Waals surface area contributed by atoms with Gasteiger partial charge in [-0.25, -0.2) is 4.98 Å². The number of aromatic amines is 1. The van der Waals surface area contributed by atoms with E-state index in [2.05, 4.69) is 22.2 Å². The van der Waals surface area contributed by atoms with E-state index in [1.165, 1.54) is 38.4 Å². The summed E-state index contributed by atoms with van der Waals surface area (Å²) in [6, 6.07) is 4.06. The maximum Gasteiger partial charge on any atom is 0.258 e. The zero-order valence-electron chi connectivity index (χ0n) is 12.4. The molecule has 1 aromatic carbocycles. The van der Waals surface area contributed by atoms with Crippen molar-refractivity contribution in [3.8, 4) is 0 Å². The molecular formula is C16H22N4O. The molecule has 1 aliphatic rings. The van der Waals surface area contributed by atoms with Crippen LogP contribution in [-0.2, 0) is 0 Å². The number of nitrogen functional groups attached to an aromatic ring is 1. The first kappa shape index (κ1) is 13.9. The van der Waals surface area contributed by atoms with Gasteiger partial charge in [-0.1, -0.05) is 13.3 Å². The molecular weight excluding hydrogens is 264 g/mol. The Morgan fingerprint density at radius 2 is 2.10 bits per heavy atom. The van der Waals surface area contributed by atoms with Gasteiger partial charge < -0.3 is 16.0 Å². The van der Waals surface area contributed by atoms with E-state index in [0.29, 0.717) is 22.6 Å². The average Bonchev–Trinajstić information content (AvgIpc) is 2.50. The molecule has 4 N–H and O–H groups in total. The third kappa shape index (κ3) is 2.86. The minimum absolute atomic E-state index is 0.151. The summed E-state index contributed by atoms with van der Waals surface area (Å²) in [4.78, 5) is 18.5. The molecule has 0 atom stereocenters. The summed E-state index contributed by atoms with van der Waals surface area (Å²) in [5.41, 5.74) is 8.11. The normalized spacial score (nSPS) is 22.3. The molecule has 3 rings (SSSR count). The fraction of sp³-hybridized carbons (Fsp3) is 0.500. The van der Waals surface area contributed by atoms with Gasteiger partial charge in [0.1, 0.15) is 0 Å². The first-order chi connectivity index (χ1) is 10.2. The molecule has 0 bridgehead atoms. The Bertz CT molecular complexity index is 686. The van der Waals surface area contributed by atoms with Gasteiger partial charge in [0, 0.05) is 6.04 Å². The largest absolute Gasteiger partial charge is 0.397 e. The highest BCUT2D eigenvalue weighted by Crippen LogP contribution is 2.30. The van der Waals surface area contributed by atoms with E-state index in [1.807, 2.05) is 6.07 Å². The van der Waals surface area contributed by atoms with E-state index in [4.69, 9.17) is 5.73 Å². The van der Waals surface area contributed by atoms with Crippen LogP contribution in [0.5, 0.6) is 0 Å². The fourth-order valence-electron chi connectivity index (χ4n) is 3.19. The lowest BCUT2D eigenvalue weighted by molar-refractivity contribution is 0.330. The minimum atomic E-state index is -0.151. The van der Waals surface area contributed by atoms with Crippen LogP contribution in [0.4, 0.5) is 11.4 Å². The number of fused-ring (bicyclic) bond motifs is 1. The predicted molar refractivity (Wildman–Crippen MR) is 86.4 cm³/mol. The zero-order valence-corrected chi connectivity index (χ0v) is 12.4. The van der Waals surface area contributed by atoms with Crippen LogP contribution in [-0.4, -0.2) is 16.0 Å². The van der Waals surface area contributed by atoms with E-state index < -0.39 is 0 Å². The van der Waals surface area contributed by atoms with Crippen molar-refractivity contribution in [3.05, 3.63) is 28.8 Å². The average molecular weight is 286 g/mol. The molecule has 1 aromatic heterocycles. The van der Waals surface area contributed by atoms with Crippen molar-refractivity contribution in [1.82, 2.24) is 9.97 Å². The molecule has 1 aliphatic carbocycles. The van der Waals surface area contributed by atoms with Crippen molar-refractivity contribution in [2.75, 3.05) is 11.1 Å². The molecule has 0 spiro atoms. The Hall–Kier alpha value is -2.04. The van der Waals surface area contributed by atoms with Gasteiger partial charge in [-0.2, -0.15) is 0 Å². The molecule has 0 amide bonds. The van der Waals surface area contributed by atoms with Crippen LogP contribution in [0.25, 0.3) is 10.9 Å². The van der Waals surface area contributed by atoms with Crippen LogP contribution >= 0.6 is 0 Å². The second kappa shape index (κ2) is 5.76. The van der Waals surface area contributed by atoms with E-state index in [9.17, 15) is 4.79 Å². The van der Waals surface area contributed by atoms with Gasteiger partial charge in [0.15, 0.2) is 0 Å². The Balaban J connectivity index is 1.81. The SMILES string of the molecule is CCC1CCC(Nc2cc3nc[nH]c(=O)c3cc2N)CC1. The van der Waals surface area contributed by atoms with Crippen molar-refractivity contribution >= 4 is 22.3 Å². The second-order valence-corrected chi connectivity index (χ2v) is 5.96. The zero-order chi connectivity index (χ0) is 14.8. The maximum atomic E-state index is 11.7. The van der Waals surface area contributed by atoms with Crippen LogP contribution in [0.3, 0.4) is 0 Å². The molecule has 0 aliphatic heterocycles. The monoisotopic (exact) mass is 286 g/mol. The molecule has 5 heteroatoms. The fourth-order valence-corrected chi connectivity index (χ4v) is 3.19. The summed E-state index contributed by atoms with van der Waals surface area (Å²) >= 11 is 0. The van der Waals surface area contributed by atoms with Gasteiger partial charge in [0.05, 0.1) is 28.6 Å². The Labute approximate surface area is 124 Å². The summed E-state index contributed by atoms with van der Waals surface area (Å²) in [5.74, 6) is 0.872. The Morgan fingerprint density at radius 3 is 2.81 bits per heavy atom. The molecule has 5 nitrogen and oxygen atoms in total. The molecule has 0 unspecified atom stereocenters. The van der Waals surface area contributed by atoms with E-state index in [1.54, 1.807) is 6.07 Å². The number of H-pyrrole nitrogens is 1. The molecule has 1 heterocycles. The van der Waals surface area contributed by atoms with Gasteiger partial charge in [0.2, 0.25) is 0 Å². The number of nitrogens with one attached hydrogen (secondary N) is 2. The number of hydrogen-bond donors (Lipinski definition) is 3. The molecule has 21 heavy (non-hydrogen) atoms. The number of rotatable bonds is 3. The lowest BCUT2D eigenvalue weighted by Gasteiger charge is -2.29. The predicted octanol–water partition coefficient (Wildman–Crippen LogP) is 2.89. The van der Waals surface area contributed by atoms with Gasteiger partial charge in [-0.3, -0.25) is 4.79 Å². The highest BCUT2D eigenvalue weighted by atomic mass is 16.1. The van der Waals surface area contributed by atoms with Crippen molar-refractivity contribution in [3.63, 3.8) is 0 Å². The summed E-state index contributed by atoms with van der Waals surface area (Å²) in [6.45, 7) is 2.27. The maximum absolute atomic E-state index is 11.7. The highest BCUT2D eigenvalue weighted by molar-refractivity contribution is 5.88. The van der Waals surface area contributed by atoms with Crippen molar-refractivity contribution in [2.45, 2.75) is 45.1 Å². The lowest BCUT2D eigenvalue weighted by atomic mass is 9.84. The lowest BCUT2D eigenvalue weighted by Crippen LogP contribution is -2.26. The van der Waals surface area contributed by atoms with Gasteiger partial charge in [-0.05, 0) is 43.7 Å². The highest BCUT2D eigenvalue weighted by Gasteiger charge is 2.20. The van der Waals surface area contributed by atoms with Gasteiger partial charge in [-0.15, -0.1) is 0 Å². The van der Waals surface area contributed by atoms with Crippen LogP contribution in [0, 0.1) is 5.92 Å². The van der Waals surface area contributed by atoms with Crippen LogP contribution in [0.1, 0.15) is 39.0 Å². The van der Waals surface area contributed by atoms with E-state index >= 15 is 0 Å². The third-order valence-electron chi connectivity index (χ3n) is 4.60. The first-order valence-corrected chi connectivity index (χ1v) is 7.71. The molecule has 2 aromatic rings. The summed E-state index contributed by atoms with van der Waals surface area (Å²) in [7, 11) is 0. The number of anilines is 2. The molecule has 1 fully saturated rings. The van der Waals surface area contributed by atoms with Crippen molar-refractivity contribution in [1.29, 1.82) is 0 Å². The quantitative estimate of drug-likeness (QED) is 0.757. The summed E-state index contributed by atoms with van der Waals surface area (Å²) in [6.07, 6.45) is 7.62. The van der Waals surface area contributed by atoms with Crippen molar-refractivity contribution < 1.29 is 0 Å². The number of nitrogens with zero attached hydrogens (tertiary/aromatic N) is 1. The molecule has 0 saturated heterocycles.